The Morgan fingerprint density at radius 1 is 1.06 bits per heavy atom. The molecule has 0 aromatic heterocycles. The molecule has 0 aliphatic carbocycles. The van der Waals surface area contributed by atoms with Crippen LogP contribution in [-0.2, 0) is 23.6 Å². The van der Waals surface area contributed by atoms with Gasteiger partial charge in [0.1, 0.15) is 0 Å². The summed E-state index contributed by atoms with van der Waals surface area (Å²) in [6, 6.07) is 18.5. The van der Waals surface area contributed by atoms with Crippen molar-refractivity contribution in [3.05, 3.63) is 60.2 Å². The quantitative estimate of drug-likeness (QED) is 0.664. The van der Waals surface area contributed by atoms with E-state index in [-0.39, 0.29) is 17.1 Å². The fourth-order valence-electron chi connectivity index (χ4n) is 1.79. The molecule has 0 saturated carbocycles. The summed E-state index contributed by atoms with van der Waals surface area (Å²) < 4.78 is 0. The third-order valence-corrected chi connectivity index (χ3v) is 2.63. The van der Waals surface area contributed by atoms with Crippen LogP contribution < -0.4 is 5.32 Å². The van der Waals surface area contributed by atoms with Crippen molar-refractivity contribution in [2.45, 2.75) is 6.54 Å². The topological polar surface area (TPSA) is 15.3 Å². The average Bonchev–Trinajstić information content (AvgIpc) is 3.05. The van der Waals surface area contributed by atoms with Gasteiger partial charge in [-0.15, -0.1) is 5.56 Å². The summed E-state index contributed by atoms with van der Waals surface area (Å²) in [5.74, 6) is 0. The van der Waals surface area contributed by atoms with Gasteiger partial charge in [-0.2, -0.15) is 12.1 Å². The molecule has 2 aromatic carbocycles. The Bertz CT molecular complexity index is 330. The minimum Gasteiger partial charge on any atom is -0.748 e. The first kappa shape index (κ1) is 14.2. The van der Waals surface area contributed by atoms with Crippen molar-refractivity contribution in [2.24, 2.45) is 0 Å². The van der Waals surface area contributed by atoms with Crippen LogP contribution >= 0.6 is 0 Å². The van der Waals surface area contributed by atoms with Crippen molar-refractivity contribution in [2.75, 3.05) is 19.8 Å². The first-order valence-corrected chi connectivity index (χ1v) is 5.75. The van der Waals surface area contributed by atoms with Crippen molar-refractivity contribution < 1.29 is 17.1 Å². The fourth-order valence-corrected chi connectivity index (χ4v) is 1.79. The molecule has 17 heavy (non-hydrogen) atoms. The molecule has 3 heteroatoms. The van der Waals surface area contributed by atoms with Crippen LogP contribution in [0.2, 0.25) is 0 Å². The SMILES string of the molecule is [Fe].[cH-]1[cH-][cH-][cH-][cH-]1.c1cc[c-](CN2CCNC2)c1. The van der Waals surface area contributed by atoms with Gasteiger partial charge < -0.3 is 35.6 Å². The molecule has 0 atom stereocenters. The smallest absolute Gasteiger partial charge is 0.0474 e. The zero-order chi connectivity index (χ0) is 11.1. The summed E-state index contributed by atoms with van der Waals surface area (Å²) in [6.45, 7) is 4.47. The van der Waals surface area contributed by atoms with Crippen LogP contribution in [-0.4, -0.2) is 24.7 Å². The molecule has 98 valence electrons. The van der Waals surface area contributed by atoms with E-state index in [2.05, 4.69) is 34.5 Å². The van der Waals surface area contributed by atoms with E-state index in [1.807, 2.05) is 30.3 Å². The molecule has 3 rings (SSSR count). The third-order valence-electron chi connectivity index (χ3n) is 2.63. The van der Waals surface area contributed by atoms with E-state index in [1.165, 1.54) is 12.1 Å². The number of hydrogen-bond acceptors (Lipinski definition) is 2. The minimum atomic E-state index is 0. The van der Waals surface area contributed by atoms with Gasteiger partial charge in [0.25, 0.3) is 0 Å². The Hall–Kier alpha value is -0.861. The molecule has 0 unspecified atom stereocenters. The van der Waals surface area contributed by atoms with Crippen molar-refractivity contribution in [1.29, 1.82) is 0 Å². The summed E-state index contributed by atoms with van der Waals surface area (Å²) in [7, 11) is 0. The zero-order valence-corrected chi connectivity index (χ0v) is 10.9. The minimum absolute atomic E-state index is 0. The van der Waals surface area contributed by atoms with Crippen molar-refractivity contribution in [1.82, 2.24) is 10.2 Å². The molecule has 1 fully saturated rings. The van der Waals surface area contributed by atoms with Crippen LogP contribution in [0.15, 0.2) is 54.6 Å². The van der Waals surface area contributed by atoms with Crippen LogP contribution in [0.1, 0.15) is 5.56 Å². The molecular weight excluding hydrogens is 252 g/mol. The van der Waals surface area contributed by atoms with Gasteiger partial charge in [0.05, 0.1) is 0 Å². The van der Waals surface area contributed by atoms with Crippen LogP contribution in [0, 0.1) is 0 Å². The predicted octanol–water partition coefficient (Wildman–Crippen LogP) is 2.17. The maximum Gasteiger partial charge on any atom is 0.0474 e. The van der Waals surface area contributed by atoms with E-state index < -0.39 is 0 Å². The summed E-state index contributed by atoms with van der Waals surface area (Å²) in [6.07, 6.45) is 0. The average molecular weight is 270 g/mol. The Morgan fingerprint density at radius 3 is 2.12 bits per heavy atom. The maximum absolute atomic E-state index is 3.31. The number of hydrogen-bond donors (Lipinski definition) is 1. The third kappa shape index (κ3) is 5.33. The first-order valence-electron chi connectivity index (χ1n) is 5.75. The van der Waals surface area contributed by atoms with E-state index in [0.717, 1.165) is 19.8 Å². The Labute approximate surface area is 114 Å². The molecule has 0 bridgehead atoms. The van der Waals surface area contributed by atoms with Crippen molar-refractivity contribution >= 4 is 0 Å². The van der Waals surface area contributed by atoms with Crippen LogP contribution in [0.4, 0.5) is 0 Å². The summed E-state index contributed by atoms with van der Waals surface area (Å²) in [5, 5.41) is 3.31. The second-order valence-electron chi connectivity index (χ2n) is 3.97. The van der Waals surface area contributed by atoms with Gasteiger partial charge in [-0.05, 0) is 6.54 Å². The first-order chi connectivity index (χ1) is 7.95. The molecule has 2 nitrogen and oxygen atoms in total. The van der Waals surface area contributed by atoms with Gasteiger partial charge >= 0.3 is 0 Å². The molecule has 1 saturated heterocycles. The Balaban J connectivity index is 0.000000205. The molecule has 1 aliphatic heterocycles. The molecule has 0 spiro atoms. The van der Waals surface area contributed by atoms with E-state index in [0.29, 0.717) is 0 Å². The summed E-state index contributed by atoms with van der Waals surface area (Å²) in [5.41, 5.74) is 1.42. The predicted molar refractivity (Wildman–Crippen MR) is 67.3 cm³/mol. The van der Waals surface area contributed by atoms with Gasteiger partial charge in [0, 0.05) is 36.8 Å². The van der Waals surface area contributed by atoms with Gasteiger partial charge in [0.15, 0.2) is 0 Å². The Morgan fingerprint density at radius 2 is 1.65 bits per heavy atom. The largest absolute Gasteiger partial charge is 0.748 e. The number of nitrogens with one attached hydrogen (secondary N) is 1. The standard InChI is InChI=1S/C9H13N2.C5H5.Fe/c1-2-4-9(3-1)7-11-6-5-10-8-11;1-2-4-5-3-1;/h1-4,10H,5-8H2;1-5H;/q-1;-5;. The number of nitrogens with zero attached hydrogens (tertiary/aromatic N) is 1. The van der Waals surface area contributed by atoms with Gasteiger partial charge in [-0.25, -0.2) is 12.1 Å². The fraction of sp³-hybridized carbons (Fsp3) is 0.286. The van der Waals surface area contributed by atoms with Crippen LogP contribution in [0.5, 0.6) is 0 Å². The number of rotatable bonds is 2. The summed E-state index contributed by atoms with van der Waals surface area (Å²) in [4.78, 5) is 2.41. The molecule has 0 radical (unpaired) electrons. The normalized spacial score (nSPS) is 14.8. The van der Waals surface area contributed by atoms with E-state index in [9.17, 15) is 0 Å². The molecule has 1 aliphatic rings. The second-order valence-corrected chi connectivity index (χ2v) is 3.97. The zero-order valence-electron chi connectivity index (χ0n) is 9.83. The summed E-state index contributed by atoms with van der Waals surface area (Å²) >= 11 is 0. The van der Waals surface area contributed by atoms with E-state index in [4.69, 9.17) is 0 Å². The van der Waals surface area contributed by atoms with Crippen LogP contribution in [0.25, 0.3) is 0 Å². The molecular formula is C14H18FeN2-6. The van der Waals surface area contributed by atoms with Gasteiger partial charge in [-0.3, -0.25) is 4.90 Å². The Kier molecular flexibility index (Phi) is 6.90. The molecule has 2 aromatic rings. The van der Waals surface area contributed by atoms with E-state index >= 15 is 0 Å². The van der Waals surface area contributed by atoms with Crippen molar-refractivity contribution in [3.63, 3.8) is 0 Å². The maximum atomic E-state index is 3.31. The van der Waals surface area contributed by atoms with Crippen LogP contribution in [0.3, 0.4) is 0 Å². The molecule has 1 N–H and O–H groups in total. The second kappa shape index (κ2) is 8.26. The van der Waals surface area contributed by atoms with E-state index in [1.54, 1.807) is 0 Å². The molecule has 1 heterocycles. The monoisotopic (exact) mass is 270 g/mol. The van der Waals surface area contributed by atoms with Gasteiger partial charge in [-0.1, -0.05) is 0 Å². The van der Waals surface area contributed by atoms with Crippen molar-refractivity contribution in [3.8, 4) is 0 Å². The molecule has 0 amide bonds. The van der Waals surface area contributed by atoms with Gasteiger partial charge in [0.2, 0.25) is 0 Å².